The van der Waals surface area contributed by atoms with Gasteiger partial charge < -0.3 is 10.2 Å². The maximum Gasteiger partial charge on any atom is 0.270 e. The standard InChI is InChI=1S/C15H15N3O3/c1-21-15-8-3-2-6-13(15)11-17-16-10-12-5-4-7-14(9-12)18(19)20/h2-10,17H,11H2,1H3/b16-10-. The van der Waals surface area contributed by atoms with E-state index in [4.69, 9.17) is 4.74 Å². The fourth-order valence-corrected chi connectivity index (χ4v) is 1.82. The van der Waals surface area contributed by atoms with Crippen LogP contribution in [0.2, 0.25) is 0 Å². The van der Waals surface area contributed by atoms with Crippen LogP contribution in [0.4, 0.5) is 5.69 Å². The van der Waals surface area contributed by atoms with Crippen molar-refractivity contribution in [2.45, 2.75) is 6.54 Å². The van der Waals surface area contributed by atoms with E-state index in [0.29, 0.717) is 12.1 Å². The van der Waals surface area contributed by atoms with Gasteiger partial charge in [0.25, 0.3) is 5.69 Å². The number of hydrogen-bond acceptors (Lipinski definition) is 5. The van der Waals surface area contributed by atoms with Crippen molar-refractivity contribution in [1.82, 2.24) is 5.43 Å². The summed E-state index contributed by atoms with van der Waals surface area (Å²) in [6.07, 6.45) is 1.54. The first kappa shape index (κ1) is 14.5. The lowest BCUT2D eigenvalue weighted by Crippen LogP contribution is -2.06. The molecule has 6 nitrogen and oxygen atoms in total. The molecule has 2 rings (SSSR count). The van der Waals surface area contributed by atoms with Crippen molar-refractivity contribution in [3.63, 3.8) is 0 Å². The monoisotopic (exact) mass is 285 g/mol. The molecule has 0 aliphatic rings. The summed E-state index contributed by atoms with van der Waals surface area (Å²) in [4.78, 5) is 10.2. The smallest absolute Gasteiger partial charge is 0.270 e. The summed E-state index contributed by atoms with van der Waals surface area (Å²) in [5, 5.41) is 14.7. The number of benzene rings is 2. The van der Waals surface area contributed by atoms with Gasteiger partial charge >= 0.3 is 0 Å². The van der Waals surface area contributed by atoms with Crippen LogP contribution in [0, 0.1) is 10.1 Å². The van der Waals surface area contributed by atoms with E-state index < -0.39 is 4.92 Å². The third kappa shape index (κ3) is 4.04. The minimum absolute atomic E-state index is 0.0451. The van der Waals surface area contributed by atoms with Gasteiger partial charge in [0.15, 0.2) is 0 Å². The molecule has 0 aromatic heterocycles. The first-order valence-corrected chi connectivity index (χ1v) is 6.33. The zero-order valence-corrected chi connectivity index (χ0v) is 11.5. The first-order chi connectivity index (χ1) is 10.2. The second-order valence-corrected chi connectivity index (χ2v) is 4.26. The van der Waals surface area contributed by atoms with Gasteiger partial charge in [0.1, 0.15) is 5.75 Å². The number of nitrogens with one attached hydrogen (secondary N) is 1. The number of nitro benzene ring substituents is 1. The van der Waals surface area contributed by atoms with Crippen molar-refractivity contribution in [3.05, 3.63) is 69.8 Å². The van der Waals surface area contributed by atoms with Crippen molar-refractivity contribution >= 4 is 11.9 Å². The van der Waals surface area contributed by atoms with E-state index in [1.807, 2.05) is 24.3 Å². The quantitative estimate of drug-likeness (QED) is 0.503. The number of hydrazone groups is 1. The van der Waals surface area contributed by atoms with E-state index in [9.17, 15) is 10.1 Å². The molecule has 0 amide bonds. The normalized spacial score (nSPS) is 10.5. The van der Waals surface area contributed by atoms with Gasteiger partial charge in [0, 0.05) is 23.3 Å². The topological polar surface area (TPSA) is 76.8 Å². The molecule has 0 aliphatic carbocycles. The Morgan fingerprint density at radius 1 is 1.29 bits per heavy atom. The Balaban J connectivity index is 1.97. The van der Waals surface area contributed by atoms with Crippen molar-refractivity contribution in [2.24, 2.45) is 5.10 Å². The highest BCUT2D eigenvalue weighted by atomic mass is 16.6. The Hall–Kier alpha value is -2.89. The molecule has 6 heteroatoms. The molecule has 0 spiro atoms. The van der Waals surface area contributed by atoms with Crippen LogP contribution in [0.1, 0.15) is 11.1 Å². The molecule has 0 heterocycles. The van der Waals surface area contributed by atoms with E-state index in [-0.39, 0.29) is 5.69 Å². The number of ether oxygens (including phenoxy) is 1. The Labute approximate surface area is 122 Å². The zero-order valence-electron chi connectivity index (χ0n) is 11.5. The summed E-state index contributed by atoms with van der Waals surface area (Å²) >= 11 is 0. The van der Waals surface area contributed by atoms with E-state index >= 15 is 0 Å². The van der Waals surface area contributed by atoms with Gasteiger partial charge in [-0.1, -0.05) is 30.3 Å². The summed E-state index contributed by atoms with van der Waals surface area (Å²) in [7, 11) is 1.62. The molecule has 0 saturated carbocycles. The molecule has 2 aromatic carbocycles. The Bertz CT molecular complexity index is 656. The highest BCUT2D eigenvalue weighted by Gasteiger charge is 2.04. The fourth-order valence-electron chi connectivity index (χ4n) is 1.82. The summed E-state index contributed by atoms with van der Waals surface area (Å²) in [5.74, 6) is 0.788. The summed E-state index contributed by atoms with van der Waals surface area (Å²) < 4.78 is 5.24. The lowest BCUT2D eigenvalue weighted by molar-refractivity contribution is -0.384. The van der Waals surface area contributed by atoms with Crippen LogP contribution in [0.3, 0.4) is 0 Å². The number of rotatable bonds is 6. The van der Waals surface area contributed by atoms with Gasteiger partial charge in [-0.15, -0.1) is 0 Å². The van der Waals surface area contributed by atoms with Crippen LogP contribution in [-0.4, -0.2) is 18.2 Å². The molecule has 108 valence electrons. The molecular weight excluding hydrogens is 270 g/mol. The van der Waals surface area contributed by atoms with E-state index in [0.717, 1.165) is 11.3 Å². The van der Waals surface area contributed by atoms with Crippen LogP contribution in [-0.2, 0) is 6.54 Å². The van der Waals surface area contributed by atoms with Crippen molar-refractivity contribution in [3.8, 4) is 5.75 Å². The minimum atomic E-state index is -0.431. The largest absolute Gasteiger partial charge is 0.496 e. The molecule has 0 bridgehead atoms. The lowest BCUT2D eigenvalue weighted by Gasteiger charge is -2.07. The Morgan fingerprint density at radius 3 is 2.86 bits per heavy atom. The van der Waals surface area contributed by atoms with Gasteiger partial charge in [-0.3, -0.25) is 10.1 Å². The lowest BCUT2D eigenvalue weighted by atomic mass is 10.2. The summed E-state index contributed by atoms with van der Waals surface area (Å²) in [5.41, 5.74) is 4.58. The third-order valence-electron chi connectivity index (χ3n) is 2.85. The van der Waals surface area contributed by atoms with Crippen LogP contribution in [0.15, 0.2) is 53.6 Å². The molecule has 0 fully saturated rings. The van der Waals surface area contributed by atoms with Gasteiger partial charge in [-0.2, -0.15) is 5.10 Å². The molecule has 0 radical (unpaired) electrons. The molecule has 0 saturated heterocycles. The molecule has 0 aliphatic heterocycles. The highest BCUT2D eigenvalue weighted by Crippen LogP contribution is 2.16. The van der Waals surface area contributed by atoms with Crippen LogP contribution >= 0.6 is 0 Å². The van der Waals surface area contributed by atoms with Crippen LogP contribution in [0.25, 0.3) is 0 Å². The van der Waals surface area contributed by atoms with E-state index in [2.05, 4.69) is 10.5 Å². The second kappa shape index (κ2) is 7.04. The Kier molecular flexibility index (Phi) is 4.87. The van der Waals surface area contributed by atoms with Crippen molar-refractivity contribution in [2.75, 3.05) is 7.11 Å². The zero-order chi connectivity index (χ0) is 15.1. The average Bonchev–Trinajstić information content (AvgIpc) is 2.52. The molecular formula is C15H15N3O3. The molecule has 0 unspecified atom stereocenters. The summed E-state index contributed by atoms with van der Waals surface area (Å²) in [6, 6.07) is 13.9. The number of para-hydroxylation sites is 1. The Morgan fingerprint density at radius 2 is 2.10 bits per heavy atom. The van der Waals surface area contributed by atoms with Crippen LogP contribution in [0.5, 0.6) is 5.75 Å². The van der Waals surface area contributed by atoms with E-state index in [1.54, 1.807) is 25.5 Å². The predicted molar refractivity (Wildman–Crippen MR) is 80.5 cm³/mol. The molecule has 2 aromatic rings. The minimum Gasteiger partial charge on any atom is -0.496 e. The average molecular weight is 285 g/mol. The number of hydrogen-bond donors (Lipinski definition) is 1. The molecule has 21 heavy (non-hydrogen) atoms. The SMILES string of the molecule is COc1ccccc1CN/N=C\c1cccc([N+](=O)[O-])c1. The third-order valence-corrected chi connectivity index (χ3v) is 2.85. The predicted octanol–water partition coefficient (Wildman–Crippen LogP) is 2.73. The molecule has 0 atom stereocenters. The van der Waals surface area contributed by atoms with Crippen molar-refractivity contribution < 1.29 is 9.66 Å². The van der Waals surface area contributed by atoms with E-state index in [1.165, 1.54) is 12.1 Å². The molecule has 1 N–H and O–H groups in total. The number of methoxy groups -OCH3 is 1. The number of non-ortho nitro benzene ring substituents is 1. The second-order valence-electron chi connectivity index (χ2n) is 4.26. The highest BCUT2D eigenvalue weighted by molar-refractivity contribution is 5.80. The maximum atomic E-state index is 10.7. The van der Waals surface area contributed by atoms with Gasteiger partial charge in [-0.25, -0.2) is 0 Å². The first-order valence-electron chi connectivity index (χ1n) is 6.33. The summed E-state index contributed by atoms with van der Waals surface area (Å²) in [6.45, 7) is 0.509. The fraction of sp³-hybridized carbons (Fsp3) is 0.133. The number of nitrogens with zero attached hydrogens (tertiary/aromatic N) is 2. The number of nitro groups is 1. The van der Waals surface area contributed by atoms with Crippen LogP contribution < -0.4 is 10.2 Å². The van der Waals surface area contributed by atoms with Gasteiger partial charge in [0.2, 0.25) is 0 Å². The van der Waals surface area contributed by atoms with Gasteiger partial charge in [-0.05, 0) is 6.07 Å². The van der Waals surface area contributed by atoms with Gasteiger partial charge in [0.05, 0.1) is 24.8 Å². The maximum absolute atomic E-state index is 10.7. The van der Waals surface area contributed by atoms with Crippen molar-refractivity contribution in [1.29, 1.82) is 0 Å².